The molecule has 8 heteroatoms. The van der Waals surface area contributed by atoms with Crippen molar-refractivity contribution in [2.75, 3.05) is 13.7 Å². The van der Waals surface area contributed by atoms with E-state index in [9.17, 15) is 29.2 Å². The molecule has 4 N–H and O–H groups in total. The number of alkyl halides is 2. The summed E-state index contributed by atoms with van der Waals surface area (Å²) in [7, 11) is 1.55. The maximum atomic E-state index is 14.8. The lowest BCUT2D eigenvalue weighted by atomic mass is 9.78. The van der Waals surface area contributed by atoms with Crippen LogP contribution in [-0.4, -0.2) is 64.5 Å². The number of benzene rings is 2. The molecule has 29 heavy (non-hydrogen) atoms. The molecule has 0 aliphatic heterocycles. The number of para-hydroxylation sites is 1. The van der Waals surface area contributed by atoms with Crippen molar-refractivity contribution < 1.29 is 38.7 Å². The fraction of sp³-hybridized carbons (Fsp3) is 0.429. The molecule has 2 aromatic rings. The zero-order chi connectivity index (χ0) is 21.2. The molecule has 0 aromatic heterocycles. The minimum Gasteiger partial charge on any atom is -0.497 e. The third-order valence-electron chi connectivity index (χ3n) is 5.27. The van der Waals surface area contributed by atoms with Gasteiger partial charge in [-0.2, -0.15) is 0 Å². The lowest BCUT2D eigenvalue weighted by Gasteiger charge is -2.45. The topological polar surface area (TPSA) is 99.4 Å². The predicted octanol–water partition coefficient (Wildman–Crippen LogP) is 1.37. The highest BCUT2D eigenvalue weighted by Gasteiger charge is 2.62. The standard InChI is InChI=1S/C21H24F2O6/c1-28-14-8-6-12(7-9-14)10-13-4-2-3-5-16(13)29-20-19(27)18(26)17(25)15(11-24)21(20,22)23/h2-9,15,17-20,24-27H,10-11H2,1H3/t15-,17-,18?,19-,20+/m1/s1. The van der Waals surface area contributed by atoms with E-state index in [0.717, 1.165) is 5.56 Å². The second kappa shape index (κ2) is 8.62. The molecule has 0 spiro atoms. The SMILES string of the molecule is COc1ccc(Cc2ccccc2O[C@H]2[C@H](O)C(O)[C@H](O)[C@@H](CO)C2(F)F)cc1. The van der Waals surface area contributed by atoms with Gasteiger partial charge in [0.1, 0.15) is 23.7 Å². The van der Waals surface area contributed by atoms with Crippen LogP contribution in [0.4, 0.5) is 8.78 Å². The molecule has 3 rings (SSSR count). The summed E-state index contributed by atoms with van der Waals surface area (Å²) in [6.07, 6.45) is -7.62. The first kappa shape index (κ1) is 21.4. The molecule has 5 atom stereocenters. The number of halogens is 2. The Morgan fingerprint density at radius 1 is 0.931 bits per heavy atom. The molecule has 2 aromatic carbocycles. The highest BCUT2D eigenvalue weighted by molar-refractivity contribution is 5.39. The fourth-order valence-electron chi connectivity index (χ4n) is 3.53. The first-order valence-corrected chi connectivity index (χ1v) is 9.20. The van der Waals surface area contributed by atoms with Gasteiger partial charge in [0, 0.05) is 6.42 Å². The molecule has 158 valence electrons. The summed E-state index contributed by atoms with van der Waals surface area (Å²) in [5.74, 6) is -4.92. The van der Waals surface area contributed by atoms with Crippen molar-refractivity contribution in [3.05, 3.63) is 59.7 Å². The number of hydrogen-bond acceptors (Lipinski definition) is 6. The normalized spacial score (nSPS) is 28.7. The van der Waals surface area contributed by atoms with Crippen LogP contribution >= 0.6 is 0 Å². The van der Waals surface area contributed by atoms with Crippen molar-refractivity contribution in [2.24, 2.45) is 5.92 Å². The maximum absolute atomic E-state index is 14.8. The Morgan fingerprint density at radius 3 is 2.21 bits per heavy atom. The third-order valence-corrected chi connectivity index (χ3v) is 5.27. The van der Waals surface area contributed by atoms with E-state index in [-0.39, 0.29) is 5.75 Å². The minimum atomic E-state index is -3.76. The predicted molar refractivity (Wildman–Crippen MR) is 100 cm³/mol. The number of methoxy groups -OCH3 is 1. The second-order valence-corrected chi connectivity index (χ2v) is 7.11. The van der Waals surface area contributed by atoms with Gasteiger partial charge in [-0.15, -0.1) is 0 Å². The van der Waals surface area contributed by atoms with E-state index in [4.69, 9.17) is 9.47 Å². The van der Waals surface area contributed by atoms with E-state index in [0.29, 0.717) is 17.7 Å². The summed E-state index contributed by atoms with van der Waals surface area (Å²) in [5.41, 5.74) is 1.49. The van der Waals surface area contributed by atoms with E-state index in [1.54, 1.807) is 37.4 Å². The number of rotatable bonds is 6. The smallest absolute Gasteiger partial charge is 0.294 e. The van der Waals surface area contributed by atoms with Gasteiger partial charge in [-0.25, -0.2) is 8.78 Å². The van der Waals surface area contributed by atoms with Gasteiger partial charge in [-0.3, -0.25) is 0 Å². The summed E-state index contributed by atoms with van der Waals surface area (Å²) in [4.78, 5) is 0. The Morgan fingerprint density at radius 2 is 1.59 bits per heavy atom. The van der Waals surface area contributed by atoms with Crippen LogP contribution in [-0.2, 0) is 6.42 Å². The van der Waals surface area contributed by atoms with Gasteiger partial charge in [-0.1, -0.05) is 30.3 Å². The van der Waals surface area contributed by atoms with Crippen molar-refractivity contribution >= 4 is 0 Å². The molecular weight excluding hydrogens is 386 g/mol. The Kier molecular flexibility index (Phi) is 6.38. The lowest BCUT2D eigenvalue weighted by molar-refractivity contribution is -0.266. The molecule has 0 saturated heterocycles. The third kappa shape index (κ3) is 4.20. The van der Waals surface area contributed by atoms with E-state index in [2.05, 4.69) is 0 Å². The van der Waals surface area contributed by atoms with Gasteiger partial charge in [0.2, 0.25) is 0 Å². The molecule has 1 unspecified atom stereocenters. The van der Waals surface area contributed by atoms with Gasteiger partial charge in [0.15, 0.2) is 6.10 Å². The van der Waals surface area contributed by atoms with E-state index < -0.39 is 42.9 Å². The van der Waals surface area contributed by atoms with Crippen molar-refractivity contribution in [1.82, 2.24) is 0 Å². The zero-order valence-electron chi connectivity index (χ0n) is 15.8. The molecule has 1 fully saturated rings. The average Bonchev–Trinajstić information content (AvgIpc) is 2.71. The van der Waals surface area contributed by atoms with Crippen LogP contribution in [0.5, 0.6) is 11.5 Å². The highest BCUT2D eigenvalue weighted by atomic mass is 19.3. The Balaban J connectivity index is 1.87. The zero-order valence-corrected chi connectivity index (χ0v) is 15.8. The van der Waals surface area contributed by atoms with Crippen molar-refractivity contribution in [3.63, 3.8) is 0 Å². The lowest BCUT2D eigenvalue weighted by Crippen LogP contribution is -2.67. The number of aliphatic hydroxyl groups excluding tert-OH is 4. The minimum absolute atomic E-state index is 0.118. The molecule has 1 aliphatic rings. The van der Waals surface area contributed by atoms with Crippen LogP contribution < -0.4 is 9.47 Å². The number of ether oxygens (including phenoxy) is 2. The van der Waals surface area contributed by atoms with Gasteiger partial charge in [-0.05, 0) is 29.3 Å². The first-order chi connectivity index (χ1) is 13.8. The van der Waals surface area contributed by atoms with E-state index in [1.807, 2.05) is 12.1 Å². The molecule has 0 heterocycles. The molecule has 6 nitrogen and oxygen atoms in total. The highest BCUT2D eigenvalue weighted by Crippen LogP contribution is 2.41. The number of hydrogen-bond donors (Lipinski definition) is 4. The van der Waals surface area contributed by atoms with E-state index in [1.165, 1.54) is 6.07 Å². The Hall–Kier alpha value is -2.26. The van der Waals surface area contributed by atoms with Gasteiger partial charge in [0.05, 0.1) is 25.7 Å². The van der Waals surface area contributed by atoms with Crippen LogP contribution in [0.2, 0.25) is 0 Å². The summed E-state index contributed by atoms with van der Waals surface area (Å²) in [6.45, 7) is -1.06. The van der Waals surface area contributed by atoms with Crippen LogP contribution in [0.15, 0.2) is 48.5 Å². The maximum Gasteiger partial charge on any atom is 0.294 e. The summed E-state index contributed by atoms with van der Waals surface area (Å²) < 4.78 is 40.2. The Bertz CT molecular complexity index is 813. The van der Waals surface area contributed by atoms with Crippen molar-refractivity contribution in [1.29, 1.82) is 0 Å². The number of aliphatic hydroxyl groups is 4. The first-order valence-electron chi connectivity index (χ1n) is 9.20. The van der Waals surface area contributed by atoms with Crippen LogP contribution in [0.3, 0.4) is 0 Å². The fourth-order valence-corrected chi connectivity index (χ4v) is 3.53. The molecule has 0 amide bonds. The monoisotopic (exact) mass is 410 g/mol. The van der Waals surface area contributed by atoms with Crippen LogP contribution in [0, 0.1) is 5.92 Å². The van der Waals surface area contributed by atoms with Gasteiger partial charge < -0.3 is 29.9 Å². The Labute approximate surface area is 167 Å². The molecule has 0 bridgehead atoms. The average molecular weight is 410 g/mol. The summed E-state index contributed by atoms with van der Waals surface area (Å²) in [5, 5.41) is 39.2. The van der Waals surface area contributed by atoms with Crippen molar-refractivity contribution in [3.8, 4) is 11.5 Å². The van der Waals surface area contributed by atoms with Gasteiger partial charge >= 0.3 is 0 Å². The molecular formula is C21H24F2O6. The summed E-state index contributed by atoms with van der Waals surface area (Å²) >= 11 is 0. The quantitative estimate of drug-likeness (QED) is 0.574. The van der Waals surface area contributed by atoms with Gasteiger partial charge in [0.25, 0.3) is 5.92 Å². The van der Waals surface area contributed by atoms with Crippen molar-refractivity contribution in [2.45, 2.75) is 36.8 Å². The van der Waals surface area contributed by atoms with E-state index >= 15 is 0 Å². The molecule has 1 saturated carbocycles. The van der Waals surface area contributed by atoms with Crippen LogP contribution in [0.1, 0.15) is 11.1 Å². The molecule has 0 radical (unpaired) electrons. The summed E-state index contributed by atoms with van der Waals surface area (Å²) in [6, 6.07) is 13.8. The molecule has 1 aliphatic carbocycles. The largest absolute Gasteiger partial charge is 0.497 e. The van der Waals surface area contributed by atoms with Crippen LogP contribution in [0.25, 0.3) is 0 Å². The second-order valence-electron chi connectivity index (χ2n) is 7.11.